The molecule has 0 saturated heterocycles. The van der Waals surface area contributed by atoms with E-state index < -0.39 is 10.0 Å². The van der Waals surface area contributed by atoms with Gasteiger partial charge in [-0.1, -0.05) is 19.8 Å². The number of hydrogen-bond acceptors (Lipinski definition) is 3. The van der Waals surface area contributed by atoms with Crippen LogP contribution in [0.15, 0.2) is 29.2 Å². The minimum atomic E-state index is -3.39. The van der Waals surface area contributed by atoms with Crippen molar-refractivity contribution in [3.8, 4) is 5.75 Å². The molecule has 108 valence electrons. The van der Waals surface area contributed by atoms with Crippen molar-refractivity contribution in [1.29, 1.82) is 0 Å². The molecular formula is C14H23NO3S. The second-order valence-corrected chi connectivity index (χ2v) is 6.51. The van der Waals surface area contributed by atoms with Crippen molar-refractivity contribution in [2.75, 3.05) is 6.54 Å². The van der Waals surface area contributed by atoms with Gasteiger partial charge in [0.2, 0.25) is 10.0 Å². The van der Waals surface area contributed by atoms with Crippen molar-refractivity contribution in [3.63, 3.8) is 0 Å². The van der Waals surface area contributed by atoms with Crippen LogP contribution in [0.5, 0.6) is 5.75 Å². The van der Waals surface area contributed by atoms with Crippen molar-refractivity contribution in [3.05, 3.63) is 24.3 Å². The van der Waals surface area contributed by atoms with Crippen molar-refractivity contribution >= 4 is 10.0 Å². The number of ether oxygens (including phenoxy) is 1. The standard InChI is InChI=1S/C14H23NO3S/c1-4-5-6-11-15-19(16,17)14-9-7-13(8-10-14)18-12(2)3/h7-10,12,15H,4-6,11H2,1-3H3. The zero-order chi connectivity index (χ0) is 14.3. The highest BCUT2D eigenvalue weighted by atomic mass is 32.2. The first-order chi connectivity index (χ1) is 8.95. The Hall–Kier alpha value is -1.07. The van der Waals surface area contributed by atoms with Crippen molar-refractivity contribution in [2.45, 2.75) is 51.0 Å². The first-order valence-corrected chi connectivity index (χ1v) is 8.20. The third-order valence-corrected chi connectivity index (χ3v) is 4.06. The summed E-state index contributed by atoms with van der Waals surface area (Å²) in [5, 5.41) is 0. The monoisotopic (exact) mass is 285 g/mol. The van der Waals surface area contributed by atoms with Crippen LogP contribution >= 0.6 is 0 Å². The number of benzene rings is 1. The summed E-state index contributed by atoms with van der Waals surface area (Å²) in [5.41, 5.74) is 0. The Bertz CT molecular complexity index is 466. The third kappa shape index (κ3) is 5.61. The van der Waals surface area contributed by atoms with E-state index in [4.69, 9.17) is 4.74 Å². The molecule has 4 nitrogen and oxygen atoms in total. The first kappa shape index (κ1) is 16.0. The zero-order valence-electron chi connectivity index (χ0n) is 11.8. The first-order valence-electron chi connectivity index (χ1n) is 6.72. The molecule has 1 rings (SSSR count). The highest BCUT2D eigenvalue weighted by molar-refractivity contribution is 7.89. The molecule has 0 amide bonds. The van der Waals surface area contributed by atoms with Gasteiger partial charge in [-0.3, -0.25) is 0 Å². The molecule has 0 atom stereocenters. The molecular weight excluding hydrogens is 262 g/mol. The molecule has 0 radical (unpaired) electrons. The van der Waals surface area contributed by atoms with Crippen LogP contribution in [0.4, 0.5) is 0 Å². The molecule has 0 saturated carbocycles. The molecule has 0 aliphatic carbocycles. The smallest absolute Gasteiger partial charge is 0.240 e. The molecule has 0 heterocycles. The lowest BCUT2D eigenvalue weighted by molar-refractivity contribution is 0.242. The number of nitrogens with one attached hydrogen (secondary N) is 1. The fourth-order valence-electron chi connectivity index (χ4n) is 1.63. The van der Waals surface area contributed by atoms with Gasteiger partial charge in [-0.15, -0.1) is 0 Å². The van der Waals surface area contributed by atoms with Gasteiger partial charge in [0.1, 0.15) is 5.75 Å². The average Bonchev–Trinajstić information content (AvgIpc) is 2.35. The highest BCUT2D eigenvalue weighted by Gasteiger charge is 2.13. The maximum absolute atomic E-state index is 12.0. The summed E-state index contributed by atoms with van der Waals surface area (Å²) in [4.78, 5) is 0.278. The molecule has 19 heavy (non-hydrogen) atoms. The maximum Gasteiger partial charge on any atom is 0.240 e. The van der Waals surface area contributed by atoms with E-state index in [2.05, 4.69) is 11.6 Å². The lowest BCUT2D eigenvalue weighted by Crippen LogP contribution is -2.24. The average molecular weight is 285 g/mol. The third-order valence-electron chi connectivity index (χ3n) is 2.58. The lowest BCUT2D eigenvalue weighted by atomic mass is 10.3. The minimum Gasteiger partial charge on any atom is -0.491 e. The van der Waals surface area contributed by atoms with Crippen LogP contribution in [-0.2, 0) is 10.0 Å². The number of rotatable bonds is 8. The topological polar surface area (TPSA) is 55.4 Å². The van der Waals surface area contributed by atoms with Crippen LogP contribution < -0.4 is 9.46 Å². The molecule has 1 N–H and O–H groups in total. The summed E-state index contributed by atoms with van der Waals surface area (Å²) in [6, 6.07) is 6.50. The Morgan fingerprint density at radius 3 is 2.32 bits per heavy atom. The van der Waals surface area contributed by atoms with Crippen LogP contribution in [0.2, 0.25) is 0 Å². The van der Waals surface area contributed by atoms with Crippen LogP contribution in [0.1, 0.15) is 40.0 Å². The van der Waals surface area contributed by atoms with E-state index in [-0.39, 0.29) is 11.0 Å². The Morgan fingerprint density at radius 1 is 1.16 bits per heavy atom. The van der Waals surface area contributed by atoms with E-state index in [0.29, 0.717) is 12.3 Å². The zero-order valence-corrected chi connectivity index (χ0v) is 12.7. The van der Waals surface area contributed by atoms with Crippen LogP contribution in [-0.4, -0.2) is 21.1 Å². The Morgan fingerprint density at radius 2 is 1.79 bits per heavy atom. The van der Waals surface area contributed by atoms with E-state index in [0.717, 1.165) is 19.3 Å². The maximum atomic E-state index is 12.0. The molecule has 0 aromatic heterocycles. The fraction of sp³-hybridized carbons (Fsp3) is 0.571. The summed E-state index contributed by atoms with van der Waals surface area (Å²) in [7, 11) is -3.39. The molecule has 1 aromatic carbocycles. The number of sulfonamides is 1. The summed E-state index contributed by atoms with van der Waals surface area (Å²) >= 11 is 0. The van der Waals surface area contributed by atoms with Crippen LogP contribution in [0.3, 0.4) is 0 Å². The second-order valence-electron chi connectivity index (χ2n) is 4.74. The SMILES string of the molecule is CCCCCNS(=O)(=O)c1ccc(OC(C)C)cc1. The summed E-state index contributed by atoms with van der Waals surface area (Å²) in [6.07, 6.45) is 3.05. The van der Waals surface area contributed by atoms with Gasteiger partial charge in [0, 0.05) is 6.54 Å². The van der Waals surface area contributed by atoms with E-state index in [1.54, 1.807) is 24.3 Å². The fourth-order valence-corrected chi connectivity index (χ4v) is 2.71. The van der Waals surface area contributed by atoms with Gasteiger partial charge in [-0.05, 0) is 44.5 Å². The minimum absolute atomic E-state index is 0.0784. The molecule has 0 aliphatic rings. The molecule has 5 heteroatoms. The van der Waals surface area contributed by atoms with E-state index in [1.807, 2.05) is 13.8 Å². The normalized spacial score (nSPS) is 11.8. The van der Waals surface area contributed by atoms with Gasteiger partial charge in [0.15, 0.2) is 0 Å². The van der Waals surface area contributed by atoms with E-state index in [1.165, 1.54) is 0 Å². The predicted molar refractivity (Wildman–Crippen MR) is 76.9 cm³/mol. The molecule has 0 bridgehead atoms. The Balaban J connectivity index is 2.63. The Kier molecular flexibility index (Phi) is 6.31. The van der Waals surface area contributed by atoms with Crippen LogP contribution in [0.25, 0.3) is 0 Å². The summed E-state index contributed by atoms with van der Waals surface area (Å²) < 4.78 is 32.0. The van der Waals surface area contributed by atoms with Gasteiger partial charge in [-0.25, -0.2) is 13.1 Å². The largest absolute Gasteiger partial charge is 0.491 e. The Labute approximate surface area is 116 Å². The van der Waals surface area contributed by atoms with Crippen molar-refractivity contribution in [1.82, 2.24) is 4.72 Å². The highest BCUT2D eigenvalue weighted by Crippen LogP contribution is 2.17. The van der Waals surface area contributed by atoms with Gasteiger partial charge in [-0.2, -0.15) is 0 Å². The summed E-state index contributed by atoms with van der Waals surface area (Å²) in [5.74, 6) is 0.680. The van der Waals surface area contributed by atoms with Gasteiger partial charge in [0.25, 0.3) is 0 Å². The van der Waals surface area contributed by atoms with Crippen LogP contribution in [0, 0.1) is 0 Å². The molecule has 0 spiro atoms. The van der Waals surface area contributed by atoms with Gasteiger partial charge < -0.3 is 4.74 Å². The van der Waals surface area contributed by atoms with Gasteiger partial charge in [0.05, 0.1) is 11.0 Å². The molecule has 0 aliphatic heterocycles. The number of unbranched alkanes of at least 4 members (excludes halogenated alkanes) is 2. The predicted octanol–water partition coefficient (Wildman–Crippen LogP) is 2.94. The van der Waals surface area contributed by atoms with Crippen molar-refractivity contribution < 1.29 is 13.2 Å². The molecule has 0 unspecified atom stereocenters. The van der Waals surface area contributed by atoms with Gasteiger partial charge >= 0.3 is 0 Å². The molecule has 0 fully saturated rings. The van der Waals surface area contributed by atoms with E-state index >= 15 is 0 Å². The molecule has 1 aromatic rings. The van der Waals surface area contributed by atoms with E-state index in [9.17, 15) is 8.42 Å². The summed E-state index contributed by atoms with van der Waals surface area (Å²) in [6.45, 7) is 6.43. The second kappa shape index (κ2) is 7.50. The number of hydrogen-bond donors (Lipinski definition) is 1. The van der Waals surface area contributed by atoms with Crippen molar-refractivity contribution in [2.24, 2.45) is 0 Å². The lowest BCUT2D eigenvalue weighted by Gasteiger charge is -2.10. The quantitative estimate of drug-likeness (QED) is 0.747.